The van der Waals surface area contributed by atoms with Crippen LogP contribution in [-0.4, -0.2) is 48.8 Å². The van der Waals surface area contributed by atoms with E-state index in [4.69, 9.17) is 5.11 Å². The van der Waals surface area contributed by atoms with Crippen molar-refractivity contribution in [3.8, 4) is 0 Å². The molecule has 0 amide bonds. The Morgan fingerprint density at radius 3 is 2.71 bits per heavy atom. The van der Waals surface area contributed by atoms with Crippen LogP contribution >= 0.6 is 0 Å². The molecular weight excluding hydrogens is 212 g/mol. The summed E-state index contributed by atoms with van der Waals surface area (Å²) in [6, 6.07) is 0.570. The first kappa shape index (κ1) is 14.9. The van der Waals surface area contributed by atoms with E-state index in [0.717, 1.165) is 24.9 Å². The van der Waals surface area contributed by atoms with Crippen LogP contribution in [0.4, 0.5) is 0 Å². The van der Waals surface area contributed by atoms with Gasteiger partial charge in [-0.3, -0.25) is 0 Å². The topological polar surface area (TPSA) is 35.5 Å². The molecular formula is C14H30N2O. The van der Waals surface area contributed by atoms with Gasteiger partial charge in [-0.1, -0.05) is 27.2 Å². The van der Waals surface area contributed by atoms with Gasteiger partial charge in [0, 0.05) is 25.7 Å². The van der Waals surface area contributed by atoms with Gasteiger partial charge in [0.1, 0.15) is 0 Å². The first-order valence-electron chi connectivity index (χ1n) is 7.24. The molecule has 1 aliphatic rings. The number of hydrogen-bond acceptors (Lipinski definition) is 3. The van der Waals surface area contributed by atoms with Gasteiger partial charge in [0.25, 0.3) is 0 Å². The fraction of sp³-hybridized carbons (Fsp3) is 1.00. The van der Waals surface area contributed by atoms with E-state index in [1.54, 1.807) is 0 Å². The maximum atomic E-state index is 8.90. The predicted molar refractivity (Wildman–Crippen MR) is 73.2 cm³/mol. The van der Waals surface area contributed by atoms with Gasteiger partial charge in [-0.2, -0.15) is 0 Å². The second kappa shape index (κ2) is 8.06. The van der Waals surface area contributed by atoms with E-state index < -0.39 is 0 Å². The molecule has 1 heterocycles. The molecule has 102 valence electrons. The van der Waals surface area contributed by atoms with E-state index in [9.17, 15) is 0 Å². The lowest BCUT2D eigenvalue weighted by Crippen LogP contribution is -2.51. The van der Waals surface area contributed by atoms with Gasteiger partial charge in [-0.05, 0) is 31.2 Å². The van der Waals surface area contributed by atoms with E-state index in [1.807, 2.05) is 0 Å². The number of likely N-dealkylation sites (tertiary alicyclic amines) is 1. The number of piperidine rings is 1. The highest BCUT2D eigenvalue weighted by molar-refractivity contribution is 4.84. The molecule has 3 nitrogen and oxygen atoms in total. The highest BCUT2D eigenvalue weighted by Gasteiger charge is 2.28. The van der Waals surface area contributed by atoms with E-state index >= 15 is 0 Å². The third-order valence-corrected chi connectivity index (χ3v) is 3.87. The number of nitrogens with zero attached hydrogens (tertiary/aromatic N) is 1. The number of rotatable bonds is 7. The van der Waals surface area contributed by atoms with Crippen LogP contribution in [-0.2, 0) is 0 Å². The lowest BCUT2D eigenvalue weighted by molar-refractivity contribution is 0.112. The minimum Gasteiger partial charge on any atom is -0.395 e. The molecule has 0 aliphatic carbocycles. The van der Waals surface area contributed by atoms with Crippen LogP contribution < -0.4 is 5.32 Å². The van der Waals surface area contributed by atoms with Gasteiger partial charge < -0.3 is 15.3 Å². The minimum atomic E-state index is 0.248. The monoisotopic (exact) mass is 242 g/mol. The van der Waals surface area contributed by atoms with Crippen molar-refractivity contribution in [1.29, 1.82) is 0 Å². The minimum absolute atomic E-state index is 0.248. The molecule has 1 aliphatic heterocycles. The average Bonchev–Trinajstić information content (AvgIpc) is 2.33. The Morgan fingerprint density at radius 1 is 1.35 bits per heavy atom. The second-order valence-corrected chi connectivity index (χ2v) is 5.73. The first-order valence-corrected chi connectivity index (χ1v) is 7.24. The molecule has 0 bridgehead atoms. The van der Waals surface area contributed by atoms with Crippen LogP contribution in [0.25, 0.3) is 0 Å². The quantitative estimate of drug-likeness (QED) is 0.713. The lowest BCUT2D eigenvalue weighted by Gasteiger charge is -2.40. The maximum absolute atomic E-state index is 8.90. The van der Waals surface area contributed by atoms with Crippen molar-refractivity contribution in [3.05, 3.63) is 0 Å². The molecule has 17 heavy (non-hydrogen) atoms. The van der Waals surface area contributed by atoms with E-state index in [1.165, 1.54) is 32.4 Å². The Labute approximate surface area is 107 Å². The summed E-state index contributed by atoms with van der Waals surface area (Å²) in [7, 11) is 0. The van der Waals surface area contributed by atoms with Crippen molar-refractivity contribution in [2.45, 2.75) is 46.1 Å². The molecule has 0 spiro atoms. The molecule has 1 saturated heterocycles. The van der Waals surface area contributed by atoms with Crippen LogP contribution in [0, 0.1) is 11.8 Å². The van der Waals surface area contributed by atoms with Gasteiger partial charge in [0.15, 0.2) is 0 Å². The Kier molecular flexibility index (Phi) is 7.09. The molecule has 2 atom stereocenters. The fourth-order valence-electron chi connectivity index (χ4n) is 2.70. The molecule has 0 saturated carbocycles. The van der Waals surface area contributed by atoms with Crippen LogP contribution in [0.5, 0.6) is 0 Å². The molecule has 0 aromatic rings. The Morgan fingerprint density at radius 2 is 2.12 bits per heavy atom. The Hall–Kier alpha value is -0.120. The third kappa shape index (κ3) is 5.36. The van der Waals surface area contributed by atoms with Gasteiger partial charge in [0.05, 0.1) is 6.61 Å². The highest BCUT2D eigenvalue weighted by atomic mass is 16.3. The largest absolute Gasteiger partial charge is 0.395 e. The number of aliphatic hydroxyl groups is 1. The summed E-state index contributed by atoms with van der Waals surface area (Å²) in [4.78, 5) is 2.60. The number of nitrogens with one attached hydrogen (secondary N) is 1. The van der Waals surface area contributed by atoms with Crippen LogP contribution in [0.3, 0.4) is 0 Å². The molecule has 0 aromatic heterocycles. The van der Waals surface area contributed by atoms with Crippen molar-refractivity contribution in [2.75, 3.05) is 32.8 Å². The normalized spacial score (nSPS) is 26.6. The number of aliphatic hydroxyl groups excluding tert-OH is 1. The summed E-state index contributed by atoms with van der Waals surface area (Å²) in [5.74, 6) is 1.56. The summed E-state index contributed by atoms with van der Waals surface area (Å²) >= 11 is 0. The van der Waals surface area contributed by atoms with E-state index in [0.29, 0.717) is 6.04 Å². The third-order valence-electron chi connectivity index (χ3n) is 3.87. The van der Waals surface area contributed by atoms with Crippen LogP contribution in [0.15, 0.2) is 0 Å². The SMILES string of the molecule is CCCCN1CC(NCCO)CC(C(C)C)C1. The predicted octanol–water partition coefficient (Wildman–Crippen LogP) is 1.71. The van der Waals surface area contributed by atoms with Crippen molar-refractivity contribution < 1.29 is 5.11 Å². The molecule has 1 rings (SSSR count). The van der Waals surface area contributed by atoms with Crippen molar-refractivity contribution in [1.82, 2.24) is 10.2 Å². The summed E-state index contributed by atoms with van der Waals surface area (Å²) < 4.78 is 0. The molecule has 0 aromatic carbocycles. The van der Waals surface area contributed by atoms with Crippen molar-refractivity contribution in [2.24, 2.45) is 11.8 Å². The molecule has 0 radical (unpaired) electrons. The zero-order valence-corrected chi connectivity index (χ0v) is 11.8. The van der Waals surface area contributed by atoms with E-state index in [-0.39, 0.29) is 6.61 Å². The summed E-state index contributed by atoms with van der Waals surface area (Å²) in [5, 5.41) is 12.4. The summed E-state index contributed by atoms with van der Waals surface area (Å²) in [5.41, 5.74) is 0. The molecule has 2 N–H and O–H groups in total. The van der Waals surface area contributed by atoms with Crippen molar-refractivity contribution >= 4 is 0 Å². The lowest BCUT2D eigenvalue weighted by atomic mass is 9.85. The number of unbranched alkanes of at least 4 members (excludes halogenated alkanes) is 1. The summed E-state index contributed by atoms with van der Waals surface area (Å²) in [6.07, 6.45) is 3.84. The van der Waals surface area contributed by atoms with E-state index in [2.05, 4.69) is 31.0 Å². The van der Waals surface area contributed by atoms with Crippen LogP contribution in [0.2, 0.25) is 0 Å². The standard InChI is InChI=1S/C14H30N2O/c1-4-5-7-16-10-13(12(2)3)9-14(11-16)15-6-8-17/h12-15,17H,4-11H2,1-3H3. The molecule has 3 heteroatoms. The van der Waals surface area contributed by atoms with Gasteiger partial charge in [-0.25, -0.2) is 0 Å². The average molecular weight is 242 g/mol. The maximum Gasteiger partial charge on any atom is 0.0556 e. The first-order chi connectivity index (χ1) is 8.17. The Bertz CT molecular complexity index is 181. The molecule has 2 unspecified atom stereocenters. The zero-order chi connectivity index (χ0) is 12.7. The second-order valence-electron chi connectivity index (χ2n) is 5.73. The van der Waals surface area contributed by atoms with Gasteiger partial charge >= 0.3 is 0 Å². The van der Waals surface area contributed by atoms with Crippen LogP contribution in [0.1, 0.15) is 40.0 Å². The molecule has 1 fully saturated rings. The Balaban J connectivity index is 2.43. The summed E-state index contributed by atoms with van der Waals surface area (Å²) in [6.45, 7) is 11.5. The number of hydrogen-bond donors (Lipinski definition) is 2. The fourth-order valence-corrected chi connectivity index (χ4v) is 2.70. The van der Waals surface area contributed by atoms with Crippen molar-refractivity contribution in [3.63, 3.8) is 0 Å². The highest BCUT2D eigenvalue weighted by Crippen LogP contribution is 2.24. The zero-order valence-electron chi connectivity index (χ0n) is 11.8. The van der Waals surface area contributed by atoms with Gasteiger partial charge in [0.2, 0.25) is 0 Å². The smallest absolute Gasteiger partial charge is 0.0556 e. The van der Waals surface area contributed by atoms with Gasteiger partial charge in [-0.15, -0.1) is 0 Å².